The summed E-state index contributed by atoms with van der Waals surface area (Å²) in [6.07, 6.45) is 0.690. The van der Waals surface area contributed by atoms with Crippen LogP contribution in [0.1, 0.15) is 11.4 Å². The summed E-state index contributed by atoms with van der Waals surface area (Å²) in [6, 6.07) is 11.7. The highest BCUT2D eigenvalue weighted by atomic mass is 35.5. The average Bonchev–Trinajstić information content (AvgIpc) is 2.82. The lowest BCUT2D eigenvalue weighted by molar-refractivity contribution is 0.912. The van der Waals surface area contributed by atoms with Gasteiger partial charge in [-0.3, -0.25) is 4.57 Å². The summed E-state index contributed by atoms with van der Waals surface area (Å²) in [6.45, 7) is 2.05. The first-order valence-electron chi connectivity index (χ1n) is 6.60. The number of nitrogens with zero attached hydrogens (tertiary/aromatic N) is 2. The molecule has 0 aliphatic rings. The number of aryl methyl sites for hydroxylation is 2. The van der Waals surface area contributed by atoms with Crippen LogP contribution in [0.4, 0.5) is 0 Å². The Morgan fingerprint density at radius 3 is 2.62 bits per heavy atom. The van der Waals surface area contributed by atoms with Crippen molar-refractivity contribution in [1.29, 1.82) is 0 Å². The van der Waals surface area contributed by atoms with Crippen LogP contribution in [0.15, 0.2) is 36.4 Å². The average molecular weight is 340 g/mol. The summed E-state index contributed by atoms with van der Waals surface area (Å²) >= 11 is 18.1. The largest absolute Gasteiger partial charge is 0.296 e. The van der Waals surface area contributed by atoms with E-state index in [1.165, 1.54) is 0 Å². The molecular weight excluding hydrogens is 327 g/mol. The first kappa shape index (κ1) is 14.7. The monoisotopic (exact) mass is 338 g/mol. The van der Waals surface area contributed by atoms with E-state index in [2.05, 4.69) is 23.6 Å². The minimum atomic E-state index is 0.518. The van der Waals surface area contributed by atoms with E-state index in [0.29, 0.717) is 22.3 Å². The van der Waals surface area contributed by atoms with E-state index in [1.54, 1.807) is 6.07 Å². The molecule has 2 aromatic carbocycles. The molecular formula is C16H13Cl3N2. The highest BCUT2D eigenvalue weighted by Gasteiger charge is 2.14. The number of imidazole rings is 1. The van der Waals surface area contributed by atoms with Crippen LogP contribution in [-0.2, 0) is 6.42 Å². The molecule has 3 aromatic rings. The van der Waals surface area contributed by atoms with Crippen molar-refractivity contribution in [2.45, 2.75) is 13.3 Å². The second kappa shape index (κ2) is 5.88. The van der Waals surface area contributed by atoms with Gasteiger partial charge in [0.25, 0.3) is 0 Å². The Balaban J connectivity index is 2.30. The number of hydrogen-bond donors (Lipinski definition) is 0. The highest BCUT2D eigenvalue weighted by molar-refractivity contribution is 6.42. The Hall–Kier alpha value is -1.22. The van der Waals surface area contributed by atoms with Crippen molar-refractivity contribution in [1.82, 2.24) is 9.55 Å². The number of para-hydroxylation sites is 1. The van der Waals surface area contributed by atoms with Crippen LogP contribution >= 0.6 is 34.8 Å². The molecule has 1 aromatic heterocycles. The van der Waals surface area contributed by atoms with Gasteiger partial charge < -0.3 is 0 Å². The number of alkyl halides is 1. The predicted molar refractivity (Wildman–Crippen MR) is 90.3 cm³/mol. The summed E-state index contributed by atoms with van der Waals surface area (Å²) in [4.78, 5) is 4.73. The molecule has 0 N–H and O–H groups in total. The summed E-state index contributed by atoms with van der Waals surface area (Å²) in [5.74, 6) is 1.44. The number of fused-ring (bicyclic) bond motifs is 1. The fourth-order valence-electron chi connectivity index (χ4n) is 2.45. The molecule has 21 heavy (non-hydrogen) atoms. The zero-order valence-electron chi connectivity index (χ0n) is 11.4. The molecule has 0 saturated carbocycles. The third kappa shape index (κ3) is 2.64. The minimum Gasteiger partial charge on any atom is -0.296 e. The quantitative estimate of drug-likeness (QED) is 0.582. The fourth-order valence-corrected chi connectivity index (χ4v) is 2.91. The zero-order valence-corrected chi connectivity index (χ0v) is 13.7. The van der Waals surface area contributed by atoms with Crippen molar-refractivity contribution in [2.75, 3.05) is 5.88 Å². The molecule has 0 radical (unpaired) electrons. The van der Waals surface area contributed by atoms with E-state index in [-0.39, 0.29) is 0 Å². The summed E-state index contributed by atoms with van der Waals surface area (Å²) in [5, 5.41) is 1.07. The van der Waals surface area contributed by atoms with Crippen LogP contribution < -0.4 is 0 Å². The van der Waals surface area contributed by atoms with Crippen LogP contribution in [-0.4, -0.2) is 15.4 Å². The molecule has 0 fully saturated rings. The van der Waals surface area contributed by atoms with Crippen LogP contribution in [0.2, 0.25) is 10.0 Å². The van der Waals surface area contributed by atoms with Gasteiger partial charge in [0, 0.05) is 18.0 Å². The minimum absolute atomic E-state index is 0.518. The Bertz CT molecular complexity index is 809. The molecule has 0 atom stereocenters. The zero-order chi connectivity index (χ0) is 15.0. The molecule has 2 nitrogen and oxygen atoms in total. The molecule has 3 rings (SSSR count). The number of rotatable bonds is 3. The van der Waals surface area contributed by atoms with Gasteiger partial charge in [-0.05, 0) is 36.8 Å². The van der Waals surface area contributed by atoms with Crippen molar-refractivity contribution < 1.29 is 0 Å². The van der Waals surface area contributed by atoms with Gasteiger partial charge in [-0.15, -0.1) is 11.6 Å². The SMILES string of the molecule is Cc1cccc2c1nc(CCCl)n2-c1ccc(Cl)c(Cl)c1. The van der Waals surface area contributed by atoms with Crippen molar-refractivity contribution in [3.05, 3.63) is 57.8 Å². The maximum Gasteiger partial charge on any atom is 0.115 e. The first-order chi connectivity index (χ1) is 10.1. The smallest absolute Gasteiger partial charge is 0.115 e. The van der Waals surface area contributed by atoms with Gasteiger partial charge in [-0.25, -0.2) is 4.98 Å². The highest BCUT2D eigenvalue weighted by Crippen LogP contribution is 2.29. The van der Waals surface area contributed by atoms with E-state index in [4.69, 9.17) is 39.8 Å². The molecule has 1 heterocycles. The third-order valence-electron chi connectivity index (χ3n) is 3.44. The number of halogens is 3. The van der Waals surface area contributed by atoms with Crippen LogP contribution in [0.5, 0.6) is 0 Å². The second-order valence-electron chi connectivity index (χ2n) is 4.84. The van der Waals surface area contributed by atoms with Gasteiger partial charge in [-0.1, -0.05) is 35.3 Å². The van der Waals surface area contributed by atoms with E-state index in [1.807, 2.05) is 18.2 Å². The number of benzene rings is 2. The van der Waals surface area contributed by atoms with Gasteiger partial charge in [0.15, 0.2) is 0 Å². The summed E-state index contributed by atoms with van der Waals surface area (Å²) in [7, 11) is 0. The van der Waals surface area contributed by atoms with E-state index in [9.17, 15) is 0 Å². The Morgan fingerprint density at radius 1 is 1.10 bits per heavy atom. The number of hydrogen-bond acceptors (Lipinski definition) is 1. The predicted octanol–water partition coefficient (Wildman–Crippen LogP) is 5.42. The van der Waals surface area contributed by atoms with Crippen molar-refractivity contribution in [3.8, 4) is 5.69 Å². The molecule has 5 heteroatoms. The topological polar surface area (TPSA) is 17.8 Å². The summed E-state index contributed by atoms with van der Waals surface area (Å²) in [5.41, 5.74) is 4.12. The van der Waals surface area contributed by atoms with Crippen LogP contribution in [0.3, 0.4) is 0 Å². The molecule has 0 aliphatic heterocycles. The molecule has 0 unspecified atom stereocenters. The maximum atomic E-state index is 6.15. The second-order valence-corrected chi connectivity index (χ2v) is 6.04. The lowest BCUT2D eigenvalue weighted by Crippen LogP contribution is -2.02. The summed E-state index contributed by atoms with van der Waals surface area (Å²) < 4.78 is 2.09. The van der Waals surface area contributed by atoms with Crippen molar-refractivity contribution in [3.63, 3.8) is 0 Å². The van der Waals surface area contributed by atoms with Crippen LogP contribution in [0, 0.1) is 6.92 Å². The van der Waals surface area contributed by atoms with E-state index < -0.39 is 0 Å². The molecule has 0 amide bonds. The van der Waals surface area contributed by atoms with Gasteiger partial charge in [0.2, 0.25) is 0 Å². The molecule has 0 saturated heterocycles. The third-order valence-corrected chi connectivity index (χ3v) is 4.36. The first-order valence-corrected chi connectivity index (χ1v) is 7.89. The van der Waals surface area contributed by atoms with Gasteiger partial charge >= 0.3 is 0 Å². The van der Waals surface area contributed by atoms with Crippen molar-refractivity contribution in [2.24, 2.45) is 0 Å². The Morgan fingerprint density at radius 2 is 1.90 bits per heavy atom. The molecule has 0 bridgehead atoms. The standard InChI is InChI=1S/C16H13Cl3N2/c1-10-3-2-4-14-16(10)20-15(7-8-17)21(14)11-5-6-12(18)13(19)9-11/h2-6,9H,7-8H2,1H3. The molecule has 0 spiro atoms. The van der Waals surface area contributed by atoms with Gasteiger partial charge in [-0.2, -0.15) is 0 Å². The Kier molecular flexibility index (Phi) is 4.12. The van der Waals surface area contributed by atoms with Gasteiger partial charge in [0.1, 0.15) is 5.82 Å². The Labute approximate surface area is 138 Å². The normalized spacial score (nSPS) is 11.2. The van der Waals surface area contributed by atoms with Gasteiger partial charge in [0.05, 0.1) is 21.1 Å². The number of aromatic nitrogens is 2. The van der Waals surface area contributed by atoms with E-state index in [0.717, 1.165) is 28.1 Å². The lowest BCUT2D eigenvalue weighted by atomic mass is 10.2. The fraction of sp³-hybridized carbons (Fsp3) is 0.188. The maximum absolute atomic E-state index is 6.15. The van der Waals surface area contributed by atoms with Crippen LogP contribution in [0.25, 0.3) is 16.7 Å². The molecule has 108 valence electrons. The van der Waals surface area contributed by atoms with Crippen molar-refractivity contribution >= 4 is 45.8 Å². The lowest BCUT2D eigenvalue weighted by Gasteiger charge is -2.10. The van der Waals surface area contributed by atoms with E-state index >= 15 is 0 Å². The molecule has 0 aliphatic carbocycles.